The van der Waals surface area contributed by atoms with Crippen molar-refractivity contribution in [2.24, 2.45) is 5.92 Å². The largest absolute Gasteiger partial charge is 0.388 e. The molecule has 3 aromatic rings. The summed E-state index contributed by atoms with van der Waals surface area (Å²) in [6.45, 7) is 1.85. The normalized spacial score (nSPS) is 18.9. The molecule has 1 atom stereocenters. The summed E-state index contributed by atoms with van der Waals surface area (Å²) in [4.78, 5) is 6.65. The molecule has 0 amide bonds. The number of rotatable bonds is 4. The average Bonchev–Trinajstić information content (AvgIpc) is 3.49. The Labute approximate surface area is 164 Å². The standard InChI is InChI=1S/C23H24N4O/c24-13-16-1-5-19(6-2-16)26-10-7-18(8-11-26)23(28)22-20(17-3-4-17)9-12-27-15-25-14-21(22)27/h1-2,5-6,9,12,14-15,17-18,23,28H,3-4,7-8,10-11H2/t23-/m0/s1. The zero-order valence-corrected chi connectivity index (χ0v) is 15.8. The first-order chi connectivity index (χ1) is 13.7. The fraction of sp³-hybridized carbons (Fsp3) is 0.391. The molecule has 1 saturated heterocycles. The van der Waals surface area contributed by atoms with Gasteiger partial charge in [0.15, 0.2) is 0 Å². The lowest BCUT2D eigenvalue weighted by atomic mass is 9.84. The molecule has 28 heavy (non-hydrogen) atoms. The van der Waals surface area contributed by atoms with E-state index in [-0.39, 0.29) is 5.92 Å². The molecule has 0 radical (unpaired) electrons. The van der Waals surface area contributed by atoms with Crippen LogP contribution in [0.2, 0.25) is 0 Å². The Bertz CT molecular complexity index is 1020. The number of pyridine rings is 1. The van der Waals surface area contributed by atoms with E-state index in [1.54, 1.807) is 0 Å². The van der Waals surface area contributed by atoms with E-state index < -0.39 is 6.10 Å². The predicted molar refractivity (Wildman–Crippen MR) is 108 cm³/mol. The summed E-state index contributed by atoms with van der Waals surface area (Å²) in [5.74, 6) is 0.858. The maximum absolute atomic E-state index is 11.3. The van der Waals surface area contributed by atoms with Crippen LogP contribution in [-0.4, -0.2) is 27.6 Å². The number of hydrogen-bond donors (Lipinski definition) is 1. The number of fused-ring (bicyclic) bond motifs is 1. The maximum atomic E-state index is 11.3. The minimum atomic E-state index is -0.445. The number of imidazole rings is 1. The lowest BCUT2D eigenvalue weighted by Gasteiger charge is -2.36. The molecule has 1 saturated carbocycles. The van der Waals surface area contributed by atoms with Gasteiger partial charge in [0.2, 0.25) is 0 Å². The quantitative estimate of drug-likeness (QED) is 0.751. The smallest absolute Gasteiger partial charge is 0.0992 e. The molecule has 0 spiro atoms. The number of aliphatic hydroxyl groups is 1. The van der Waals surface area contributed by atoms with Crippen LogP contribution >= 0.6 is 0 Å². The highest BCUT2D eigenvalue weighted by Gasteiger charge is 2.33. The first kappa shape index (κ1) is 17.3. The van der Waals surface area contributed by atoms with Gasteiger partial charge in [-0.15, -0.1) is 0 Å². The highest BCUT2D eigenvalue weighted by Crippen LogP contribution is 2.46. The Morgan fingerprint density at radius 1 is 1.07 bits per heavy atom. The minimum Gasteiger partial charge on any atom is -0.388 e. The molecule has 1 aliphatic heterocycles. The molecule has 2 aliphatic rings. The van der Waals surface area contributed by atoms with Crippen LogP contribution in [0.15, 0.2) is 49.1 Å². The zero-order chi connectivity index (χ0) is 19.1. The van der Waals surface area contributed by atoms with Crippen molar-refractivity contribution in [2.45, 2.75) is 37.7 Å². The second-order valence-electron chi connectivity index (χ2n) is 8.07. The number of nitrogens with zero attached hydrogens (tertiary/aromatic N) is 4. The Morgan fingerprint density at radius 3 is 2.50 bits per heavy atom. The molecule has 0 bridgehead atoms. The van der Waals surface area contributed by atoms with Crippen molar-refractivity contribution >= 4 is 11.2 Å². The van der Waals surface area contributed by atoms with Gasteiger partial charge in [-0.3, -0.25) is 0 Å². The van der Waals surface area contributed by atoms with E-state index >= 15 is 0 Å². The molecule has 0 unspecified atom stereocenters. The molecule has 142 valence electrons. The van der Waals surface area contributed by atoms with Crippen LogP contribution < -0.4 is 4.90 Å². The topological polar surface area (TPSA) is 64.6 Å². The van der Waals surface area contributed by atoms with Gasteiger partial charge < -0.3 is 14.4 Å². The first-order valence-corrected chi connectivity index (χ1v) is 10.1. The van der Waals surface area contributed by atoms with Crippen molar-refractivity contribution < 1.29 is 5.11 Å². The summed E-state index contributed by atoms with van der Waals surface area (Å²) in [5, 5.41) is 20.3. The number of piperidine rings is 1. The van der Waals surface area contributed by atoms with Crippen molar-refractivity contribution in [3.05, 3.63) is 65.7 Å². The maximum Gasteiger partial charge on any atom is 0.0992 e. The highest BCUT2D eigenvalue weighted by atomic mass is 16.3. The number of aliphatic hydroxyl groups excluding tert-OH is 1. The Kier molecular flexibility index (Phi) is 4.29. The summed E-state index contributed by atoms with van der Waals surface area (Å²) < 4.78 is 2.02. The van der Waals surface area contributed by atoms with E-state index in [9.17, 15) is 5.11 Å². The summed E-state index contributed by atoms with van der Waals surface area (Å²) in [6, 6.07) is 12.1. The lowest BCUT2D eigenvalue weighted by Crippen LogP contribution is -2.35. The minimum absolute atomic E-state index is 0.258. The summed E-state index contributed by atoms with van der Waals surface area (Å²) in [7, 11) is 0. The van der Waals surface area contributed by atoms with E-state index in [0.29, 0.717) is 11.5 Å². The van der Waals surface area contributed by atoms with Crippen LogP contribution in [0.25, 0.3) is 5.52 Å². The van der Waals surface area contributed by atoms with Gasteiger partial charge in [-0.05, 0) is 73.4 Å². The predicted octanol–water partition coefficient (Wildman–Crippen LogP) is 4.03. The van der Waals surface area contributed by atoms with Gasteiger partial charge in [0, 0.05) is 30.5 Å². The molecule has 5 nitrogen and oxygen atoms in total. The summed E-state index contributed by atoms with van der Waals surface area (Å²) in [5.41, 5.74) is 5.31. The fourth-order valence-corrected chi connectivity index (χ4v) is 4.56. The Morgan fingerprint density at radius 2 is 1.82 bits per heavy atom. The average molecular weight is 372 g/mol. The molecule has 5 heteroatoms. The molecule has 2 fully saturated rings. The van der Waals surface area contributed by atoms with Gasteiger partial charge in [-0.2, -0.15) is 5.26 Å². The third-order valence-corrected chi connectivity index (χ3v) is 6.33. The van der Waals surface area contributed by atoms with Crippen LogP contribution in [0.1, 0.15) is 54.4 Å². The Hall–Kier alpha value is -2.84. The van der Waals surface area contributed by atoms with E-state index in [2.05, 4.69) is 28.2 Å². The number of nitriles is 1. The summed E-state index contributed by atoms with van der Waals surface area (Å²) >= 11 is 0. The third kappa shape index (κ3) is 3.04. The van der Waals surface area contributed by atoms with Crippen molar-refractivity contribution in [2.75, 3.05) is 18.0 Å². The van der Waals surface area contributed by atoms with Crippen LogP contribution in [0, 0.1) is 17.2 Å². The van der Waals surface area contributed by atoms with Crippen LogP contribution in [0.5, 0.6) is 0 Å². The van der Waals surface area contributed by atoms with E-state index in [1.807, 2.05) is 41.2 Å². The van der Waals surface area contributed by atoms with Gasteiger partial charge >= 0.3 is 0 Å². The molecular formula is C23H24N4O. The second kappa shape index (κ2) is 6.96. The third-order valence-electron chi connectivity index (χ3n) is 6.33. The van der Waals surface area contributed by atoms with Crippen molar-refractivity contribution in [1.82, 2.24) is 9.38 Å². The van der Waals surface area contributed by atoms with Crippen molar-refractivity contribution in [3.8, 4) is 6.07 Å². The molecule has 1 aliphatic carbocycles. The number of benzene rings is 1. The van der Waals surface area contributed by atoms with Crippen molar-refractivity contribution in [3.63, 3.8) is 0 Å². The van der Waals surface area contributed by atoms with Gasteiger partial charge in [0.05, 0.1) is 35.8 Å². The molecule has 1 N–H and O–H groups in total. The van der Waals surface area contributed by atoms with Gasteiger partial charge in [-0.25, -0.2) is 4.98 Å². The van der Waals surface area contributed by atoms with Crippen molar-refractivity contribution in [1.29, 1.82) is 5.26 Å². The number of anilines is 1. The monoisotopic (exact) mass is 372 g/mol. The van der Waals surface area contributed by atoms with E-state index in [4.69, 9.17) is 5.26 Å². The van der Waals surface area contributed by atoms with E-state index in [0.717, 1.165) is 42.7 Å². The van der Waals surface area contributed by atoms with Gasteiger partial charge in [0.25, 0.3) is 0 Å². The first-order valence-electron chi connectivity index (χ1n) is 10.1. The highest BCUT2D eigenvalue weighted by molar-refractivity contribution is 5.59. The molecule has 3 heterocycles. The van der Waals surface area contributed by atoms with Gasteiger partial charge in [0.1, 0.15) is 0 Å². The number of hydrogen-bond acceptors (Lipinski definition) is 4. The second-order valence-corrected chi connectivity index (χ2v) is 8.07. The lowest BCUT2D eigenvalue weighted by molar-refractivity contribution is 0.0931. The molecule has 5 rings (SSSR count). The molecular weight excluding hydrogens is 348 g/mol. The van der Waals surface area contributed by atoms with Crippen LogP contribution in [-0.2, 0) is 0 Å². The number of aromatic nitrogens is 2. The SMILES string of the molecule is N#Cc1ccc(N2CCC([C@H](O)c3c(C4CC4)ccn4cncc34)CC2)cc1. The zero-order valence-electron chi connectivity index (χ0n) is 15.8. The Balaban J connectivity index is 1.35. The van der Waals surface area contributed by atoms with Crippen LogP contribution in [0.3, 0.4) is 0 Å². The molecule has 2 aromatic heterocycles. The van der Waals surface area contributed by atoms with Gasteiger partial charge in [-0.1, -0.05) is 0 Å². The molecule has 1 aromatic carbocycles. The van der Waals surface area contributed by atoms with E-state index in [1.165, 1.54) is 18.4 Å². The summed E-state index contributed by atoms with van der Waals surface area (Å²) in [6.07, 6.45) is 9.69. The van der Waals surface area contributed by atoms with Crippen LogP contribution in [0.4, 0.5) is 5.69 Å². The fourth-order valence-electron chi connectivity index (χ4n) is 4.56.